The van der Waals surface area contributed by atoms with Gasteiger partial charge in [-0.1, -0.05) is 6.07 Å². The Kier molecular flexibility index (Phi) is 2.17. The fourth-order valence-corrected chi connectivity index (χ4v) is 2.22. The summed E-state index contributed by atoms with van der Waals surface area (Å²) in [4.78, 5) is 0. The largest absolute Gasteiger partial charge is 0.493 e. The first kappa shape index (κ1) is 9.22. The van der Waals surface area contributed by atoms with Crippen LogP contribution in [0.3, 0.4) is 0 Å². The van der Waals surface area contributed by atoms with Gasteiger partial charge in [-0.2, -0.15) is 0 Å². The van der Waals surface area contributed by atoms with E-state index in [1.54, 1.807) is 0 Å². The van der Waals surface area contributed by atoms with Gasteiger partial charge >= 0.3 is 0 Å². The average molecular weight is 203 g/mol. The van der Waals surface area contributed by atoms with Gasteiger partial charge in [-0.3, -0.25) is 0 Å². The third-order valence-electron chi connectivity index (χ3n) is 3.42. The standard InChI is InChI=1S/C13H17NO/c14-13-6-3-10-7-11(4-5-12(10)13)15-8-9-1-2-9/h4-5,7,9,13H,1-3,6,8,14H2. The lowest BCUT2D eigenvalue weighted by Crippen LogP contribution is -2.05. The van der Waals surface area contributed by atoms with Crippen LogP contribution in [0.1, 0.15) is 36.4 Å². The Hall–Kier alpha value is -1.02. The predicted octanol–water partition coefficient (Wildman–Crippen LogP) is 2.42. The highest BCUT2D eigenvalue weighted by atomic mass is 16.5. The van der Waals surface area contributed by atoms with E-state index in [0.29, 0.717) is 0 Å². The van der Waals surface area contributed by atoms with Crippen molar-refractivity contribution in [2.75, 3.05) is 6.61 Å². The van der Waals surface area contributed by atoms with E-state index in [2.05, 4.69) is 18.2 Å². The SMILES string of the molecule is NC1CCc2cc(OCC3CC3)ccc21. The molecule has 2 N–H and O–H groups in total. The Morgan fingerprint density at radius 1 is 1.27 bits per heavy atom. The molecule has 80 valence electrons. The van der Waals surface area contributed by atoms with Gasteiger partial charge < -0.3 is 10.5 Å². The summed E-state index contributed by atoms with van der Waals surface area (Å²) in [5.74, 6) is 1.84. The molecule has 1 fully saturated rings. The number of hydrogen-bond acceptors (Lipinski definition) is 2. The predicted molar refractivity (Wildman–Crippen MR) is 59.9 cm³/mol. The quantitative estimate of drug-likeness (QED) is 0.818. The molecule has 2 aliphatic rings. The van der Waals surface area contributed by atoms with Crippen molar-refractivity contribution in [1.29, 1.82) is 0 Å². The number of aryl methyl sites for hydroxylation is 1. The molecule has 0 saturated heterocycles. The van der Waals surface area contributed by atoms with Gasteiger partial charge in [0.05, 0.1) is 6.61 Å². The Morgan fingerprint density at radius 3 is 2.93 bits per heavy atom. The molecule has 0 heterocycles. The molecular weight excluding hydrogens is 186 g/mol. The highest BCUT2D eigenvalue weighted by molar-refractivity contribution is 5.40. The van der Waals surface area contributed by atoms with Crippen LogP contribution in [-0.4, -0.2) is 6.61 Å². The van der Waals surface area contributed by atoms with Crippen molar-refractivity contribution in [3.63, 3.8) is 0 Å². The van der Waals surface area contributed by atoms with Crippen LogP contribution in [-0.2, 0) is 6.42 Å². The van der Waals surface area contributed by atoms with Crippen LogP contribution >= 0.6 is 0 Å². The summed E-state index contributed by atoms with van der Waals surface area (Å²) in [6.45, 7) is 0.894. The van der Waals surface area contributed by atoms with E-state index in [9.17, 15) is 0 Å². The number of rotatable bonds is 3. The lowest BCUT2D eigenvalue weighted by molar-refractivity contribution is 0.299. The summed E-state index contributed by atoms with van der Waals surface area (Å²) < 4.78 is 5.75. The van der Waals surface area contributed by atoms with Crippen molar-refractivity contribution >= 4 is 0 Å². The molecule has 2 heteroatoms. The number of hydrogen-bond donors (Lipinski definition) is 1. The second-order valence-corrected chi connectivity index (χ2v) is 4.76. The normalized spacial score (nSPS) is 23.9. The lowest BCUT2D eigenvalue weighted by atomic mass is 10.1. The molecule has 0 spiro atoms. The van der Waals surface area contributed by atoms with Crippen LogP contribution in [0.4, 0.5) is 0 Å². The van der Waals surface area contributed by atoms with Crippen molar-refractivity contribution in [3.05, 3.63) is 29.3 Å². The summed E-state index contributed by atoms with van der Waals surface area (Å²) in [5.41, 5.74) is 8.69. The van der Waals surface area contributed by atoms with Gasteiger partial charge in [0, 0.05) is 6.04 Å². The molecule has 3 rings (SSSR count). The van der Waals surface area contributed by atoms with Crippen molar-refractivity contribution in [3.8, 4) is 5.75 Å². The Morgan fingerprint density at radius 2 is 2.13 bits per heavy atom. The van der Waals surface area contributed by atoms with Gasteiger partial charge in [0.15, 0.2) is 0 Å². The molecule has 15 heavy (non-hydrogen) atoms. The molecule has 1 aromatic rings. The maximum absolute atomic E-state index is 5.99. The van der Waals surface area contributed by atoms with Crippen molar-refractivity contribution in [2.45, 2.75) is 31.7 Å². The Bertz CT molecular complexity index is 371. The van der Waals surface area contributed by atoms with Gasteiger partial charge in [-0.05, 0) is 54.9 Å². The first-order valence-corrected chi connectivity index (χ1v) is 5.84. The first-order valence-electron chi connectivity index (χ1n) is 5.84. The van der Waals surface area contributed by atoms with Gasteiger partial charge in [0.1, 0.15) is 5.75 Å². The summed E-state index contributed by atoms with van der Waals surface area (Å²) in [5, 5.41) is 0. The van der Waals surface area contributed by atoms with E-state index in [0.717, 1.165) is 31.1 Å². The topological polar surface area (TPSA) is 35.2 Å². The molecule has 0 aliphatic heterocycles. The summed E-state index contributed by atoms with van der Waals surface area (Å²) in [6, 6.07) is 6.61. The van der Waals surface area contributed by atoms with E-state index in [1.807, 2.05) is 0 Å². The van der Waals surface area contributed by atoms with Crippen LogP contribution in [0.25, 0.3) is 0 Å². The molecule has 0 aromatic heterocycles. The fraction of sp³-hybridized carbons (Fsp3) is 0.538. The van der Waals surface area contributed by atoms with Crippen LogP contribution in [0, 0.1) is 5.92 Å². The molecule has 0 radical (unpaired) electrons. The fourth-order valence-electron chi connectivity index (χ4n) is 2.22. The molecule has 0 bridgehead atoms. The maximum atomic E-state index is 5.99. The van der Waals surface area contributed by atoms with Crippen molar-refractivity contribution < 1.29 is 4.74 Å². The molecule has 1 saturated carbocycles. The molecule has 1 aromatic carbocycles. The number of ether oxygens (including phenoxy) is 1. The van der Waals surface area contributed by atoms with E-state index >= 15 is 0 Å². The average Bonchev–Trinajstić information content (AvgIpc) is 3.01. The van der Waals surface area contributed by atoms with Gasteiger partial charge in [0.2, 0.25) is 0 Å². The minimum absolute atomic E-state index is 0.248. The second kappa shape index (κ2) is 3.53. The molecule has 2 aliphatic carbocycles. The van der Waals surface area contributed by atoms with Crippen LogP contribution in [0.2, 0.25) is 0 Å². The summed E-state index contributed by atoms with van der Waals surface area (Å²) in [6.07, 6.45) is 4.88. The molecular formula is C13H17NO. The zero-order valence-corrected chi connectivity index (χ0v) is 8.91. The van der Waals surface area contributed by atoms with Crippen molar-refractivity contribution in [2.24, 2.45) is 11.7 Å². The zero-order valence-electron chi connectivity index (χ0n) is 8.91. The first-order chi connectivity index (χ1) is 7.33. The van der Waals surface area contributed by atoms with Gasteiger partial charge in [-0.15, -0.1) is 0 Å². The Labute approximate surface area is 90.4 Å². The minimum atomic E-state index is 0.248. The molecule has 2 nitrogen and oxygen atoms in total. The monoisotopic (exact) mass is 203 g/mol. The van der Waals surface area contributed by atoms with E-state index in [-0.39, 0.29) is 6.04 Å². The highest BCUT2D eigenvalue weighted by Gasteiger charge is 2.23. The molecule has 0 amide bonds. The van der Waals surface area contributed by atoms with Gasteiger partial charge in [0.25, 0.3) is 0 Å². The van der Waals surface area contributed by atoms with Crippen molar-refractivity contribution in [1.82, 2.24) is 0 Å². The molecule has 1 atom stereocenters. The van der Waals surface area contributed by atoms with Crippen LogP contribution < -0.4 is 10.5 Å². The zero-order chi connectivity index (χ0) is 10.3. The Balaban J connectivity index is 1.73. The van der Waals surface area contributed by atoms with E-state index in [1.165, 1.54) is 24.0 Å². The highest BCUT2D eigenvalue weighted by Crippen LogP contribution is 2.33. The third kappa shape index (κ3) is 1.86. The number of fused-ring (bicyclic) bond motifs is 1. The van der Waals surface area contributed by atoms with Gasteiger partial charge in [-0.25, -0.2) is 0 Å². The second-order valence-electron chi connectivity index (χ2n) is 4.76. The van der Waals surface area contributed by atoms with Crippen LogP contribution in [0.5, 0.6) is 5.75 Å². The van der Waals surface area contributed by atoms with Crippen LogP contribution in [0.15, 0.2) is 18.2 Å². The summed E-state index contributed by atoms with van der Waals surface area (Å²) >= 11 is 0. The number of benzene rings is 1. The smallest absolute Gasteiger partial charge is 0.119 e. The van der Waals surface area contributed by atoms with E-state index < -0.39 is 0 Å². The molecule has 1 unspecified atom stereocenters. The summed E-state index contributed by atoms with van der Waals surface area (Å²) in [7, 11) is 0. The maximum Gasteiger partial charge on any atom is 0.119 e. The third-order valence-corrected chi connectivity index (χ3v) is 3.42. The number of nitrogens with two attached hydrogens (primary N) is 1. The van der Waals surface area contributed by atoms with E-state index in [4.69, 9.17) is 10.5 Å². The minimum Gasteiger partial charge on any atom is -0.493 e. The lowest BCUT2D eigenvalue weighted by Gasteiger charge is -2.08.